The van der Waals surface area contributed by atoms with Crippen LogP contribution in [0.15, 0.2) is 29.5 Å². The Kier molecular flexibility index (Phi) is 6.85. The van der Waals surface area contributed by atoms with Gasteiger partial charge in [0.1, 0.15) is 0 Å². The fraction of sp³-hybridized carbons (Fsp3) is 0.500. The Morgan fingerprint density at radius 3 is 2.52 bits per heavy atom. The molecule has 7 nitrogen and oxygen atoms in total. The number of rotatable bonds is 9. The minimum Gasteiger partial charge on any atom is -0.504 e. The number of aromatic hydroxyl groups is 1. The standard InChI is InChI=1S/C20H27NO6/c1-12(2)10-15(23)17-18(13-6-7-16(27-4)14(22)11-13)21(8-5-9-26-3)20(25)19(17)24/h6-7,11-12,18,22,24H,5,8-10H2,1-4H3. The topological polar surface area (TPSA) is 96.3 Å². The number of hydrogen-bond acceptors (Lipinski definition) is 6. The van der Waals surface area contributed by atoms with Crippen molar-refractivity contribution >= 4 is 11.7 Å². The second kappa shape index (κ2) is 8.90. The molecule has 1 amide bonds. The van der Waals surface area contributed by atoms with Crippen molar-refractivity contribution in [2.45, 2.75) is 32.7 Å². The van der Waals surface area contributed by atoms with Crippen LogP contribution >= 0.6 is 0 Å². The third-order valence-electron chi connectivity index (χ3n) is 4.46. The zero-order valence-electron chi connectivity index (χ0n) is 16.2. The van der Waals surface area contributed by atoms with E-state index in [1.165, 1.54) is 18.1 Å². The molecule has 148 valence electrons. The second-order valence-electron chi connectivity index (χ2n) is 6.96. The summed E-state index contributed by atoms with van der Waals surface area (Å²) in [5, 5.41) is 20.6. The van der Waals surface area contributed by atoms with E-state index in [1.54, 1.807) is 19.2 Å². The Labute approximate surface area is 159 Å². The Morgan fingerprint density at radius 2 is 1.96 bits per heavy atom. The summed E-state index contributed by atoms with van der Waals surface area (Å²) in [6, 6.07) is 3.96. The number of aliphatic hydroxyl groups is 1. The summed E-state index contributed by atoms with van der Waals surface area (Å²) in [6.07, 6.45) is 0.775. The zero-order chi connectivity index (χ0) is 20.1. The highest BCUT2D eigenvalue weighted by Gasteiger charge is 2.43. The summed E-state index contributed by atoms with van der Waals surface area (Å²) in [5.41, 5.74) is 0.617. The van der Waals surface area contributed by atoms with Crippen molar-refractivity contribution in [3.63, 3.8) is 0 Å². The van der Waals surface area contributed by atoms with Crippen LogP contribution in [0.3, 0.4) is 0 Å². The molecule has 27 heavy (non-hydrogen) atoms. The van der Waals surface area contributed by atoms with Crippen molar-refractivity contribution in [1.82, 2.24) is 4.90 Å². The first kappa shape index (κ1) is 20.8. The predicted octanol–water partition coefficient (Wildman–Crippen LogP) is 2.75. The SMILES string of the molecule is COCCCN1C(=O)C(O)=C(C(=O)CC(C)C)C1c1ccc(OC)c(O)c1. The first-order chi connectivity index (χ1) is 12.8. The summed E-state index contributed by atoms with van der Waals surface area (Å²) in [6.45, 7) is 4.56. The lowest BCUT2D eigenvalue weighted by molar-refractivity contribution is -0.129. The summed E-state index contributed by atoms with van der Waals surface area (Å²) in [5.74, 6) is -1.10. The molecule has 2 N–H and O–H groups in total. The molecule has 7 heteroatoms. The second-order valence-corrected chi connectivity index (χ2v) is 6.96. The number of phenolic OH excluding ortho intramolecular Hbond substituents is 1. The Hall–Kier alpha value is -2.54. The van der Waals surface area contributed by atoms with Crippen molar-refractivity contribution in [2.75, 3.05) is 27.4 Å². The van der Waals surface area contributed by atoms with E-state index in [4.69, 9.17) is 9.47 Å². The van der Waals surface area contributed by atoms with Gasteiger partial charge in [-0.25, -0.2) is 0 Å². The number of ketones is 1. The van der Waals surface area contributed by atoms with Gasteiger partial charge >= 0.3 is 0 Å². The van der Waals surface area contributed by atoms with Crippen molar-refractivity contribution in [2.24, 2.45) is 5.92 Å². The number of nitrogens with zero attached hydrogens (tertiary/aromatic N) is 1. The zero-order valence-corrected chi connectivity index (χ0v) is 16.2. The number of carbonyl (C=O) groups excluding carboxylic acids is 2. The van der Waals surface area contributed by atoms with Gasteiger partial charge in [0.15, 0.2) is 23.0 Å². The number of carbonyl (C=O) groups is 2. The summed E-state index contributed by atoms with van der Waals surface area (Å²) >= 11 is 0. The maximum absolute atomic E-state index is 12.8. The number of ether oxygens (including phenoxy) is 2. The first-order valence-corrected chi connectivity index (χ1v) is 8.94. The van der Waals surface area contributed by atoms with Crippen LogP contribution in [0.1, 0.15) is 38.3 Å². The van der Waals surface area contributed by atoms with Gasteiger partial charge in [-0.2, -0.15) is 0 Å². The van der Waals surface area contributed by atoms with Gasteiger partial charge in [0.05, 0.1) is 18.7 Å². The first-order valence-electron chi connectivity index (χ1n) is 8.94. The fourth-order valence-electron chi connectivity index (χ4n) is 3.25. The molecular weight excluding hydrogens is 350 g/mol. The van der Waals surface area contributed by atoms with E-state index in [-0.39, 0.29) is 35.2 Å². The van der Waals surface area contributed by atoms with Crippen molar-refractivity contribution in [3.8, 4) is 11.5 Å². The van der Waals surface area contributed by atoms with Gasteiger partial charge in [-0.3, -0.25) is 9.59 Å². The Bertz CT molecular complexity index is 740. The molecule has 1 heterocycles. The molecule has 0 radical (unpaired) electrons. The third-order valence-corrected chi connectivity index (χ3v) is 4.46. The number of benzene rings is 1. The van der Waals surface area contributed by atoms with E-state index < -0.39 is 17.7 Å². The van der Waals surface area contributed by atoms with Crippen LogP contribution in [0.2, 0.25) is 0 Å². The van der Waals surface area contributed by atoms with Gasteiger partial charge in [-0.1, -0.05) is 19.9 Å². The van der Waals surface area contributed by atoms with Crippen LogP contribution in [0.5, 0.6) is 11.5 Å². The molecule has 0 bridgehead atoms. The number of aliphatic hydroxyl groups excluding tert-OH is 1. The number of hydrogen-bond donors (Lipinski definition) is 2. The van der Waals surface area contributed by atoms with Gasteiger partial charge in [-0.05, 0) is 30.0 Å². The van der Waals surface area contributed by atoms with E-state index in [0.29, 0.717) is 25.1 Å². The number of phenols is 1. The Morgan fingerprint density at radius 1 is 1.26 bits per heavy atom. The van der Waals surface area contributed by atoms with Crippen LogP contribution in [0.4, 0.5) is 0 Å². The van der Waals surface area contributed by atoms with Gasteiger partial charge < -0.3 is 24.6 Å². The molecule has 1 aliphatic heterocycles. The summed E-state index contributed by atoms with van der Waals surface area (Å²) in [7, 11) is 3.01. The predicted molar refractivity (Wildman–Crippen MR) is 99.7 cm³/mol. The van der Waals surface area contributed by atoms with Gasteiger partial charge in [-0.15, -0.1) is 0 Å². The molecule has 1 aliphatic rings. The van der Waals surface area contributed by atoms with E-state index in [0.717, 1.165) is 0 Å². The van der Waals surface area contributed by atoms with Crippen LogP contribution in [0.25, 0.3) is 0 Å². The third kappa shape index (κ3) is 4.42. The lowest BCUT2D eigenvalue weighted by Gasteiger charge is -2.27. The van der Waals surface area contributed by atoms with E-state index >= 15 is 0 Å². The maximum atomic E-state index is 12.8. The molecule has 0 aliphatic carbocycles. The largest absolute Gasteiger partial charge is 0.504 e. The molecule has 1 unspecified atom stereocenters. The molecule has 0 fully saturated rings. The highest BCUT2D eigenvalue weighted by atomic mass is 16.5. The quantitative estimate of drug-likeness (QED) is 0.643. The number of methoxy groups -OCH3 is 2. The smallest absolute Gasteiger partial charge is 0.290 e. The van der Waals surface area contributed by atoms with Gasteiger partial charge in [0.2, 0.25) is 0 Å². The van der Waals surface area contributed by atoms with E-state index in [9.17, 15) is 19.8 Å². The number of Topliss-reactive ketones (excluding diaryl/α,β-unsaturated/α-hetero) is 1. The lowest BCUT2D eigenvalue weighted by atomic mass is 9.92. The molecule has 2 rings (SSSR count). The summed E-state index contributed by atoms with van der Waals surface area (Å²) < 4.78 is 10.1. The van der Waals surface area contributed by atoms with Gasteiger partial charge in [0, 0.05) is 26.7 Å². The summed E-state index contributed by atoms with van der Waals surface area (Å²) in [4.78, 5) is 26.8. The average Bonchev–Trinajstić information content (AvgIpc) is 2.86. The number of amides is 1. The molecule has 0 aromatic heterocycles. The normalized spacial score (nSPS) is 17.1. The molecule has 1 aromatic carbocycles. The molecule has 0 saturated heterocycles. The van der Waals surface area contributed by atoms with Gasteiger partial charge in [0.25, 0.3) is 5.91 Å². The van der Waals surface area contributed by atoms with Crippen molar-refractivity contribution < 1.29 is 29.3 Å². The van der Waals surface area contributed by atoms with Crippen LogP contribution < -0.4 is 4.74 Å². The van der Waals surface area contributed by atoms with Crippen molar-refractivity contribution in [3.05, 3.63) is 35.1 Å². The van der Waals surface area contributed by atoms with Crippen LogP contribution in [-0.2, 0) is 14.3 Å². The molecule has 0 spiro atoms. The molecule has 0 saturated carbocycles. The molecule has 1 atom stereocenters. The van der Waals surface area contributed by atoms with E-state index in [1.807, 2.05) is 13.8 Å². The maximum Gasteiger partial charge on any atom is 0.290 e. The minimum absolute atomic E-state index is 0.0793. The molecular formula is C20H27NO6. The Balaban J connectivity index is 2.47. The van der Waals surface area contributed by atoms with Crippen LogP contribution in [-0.4, -0.2) is 54.2 Å². The fourth-order valence-corrected chi connectivity index (χ4v) is 3.25. The highest BCUT2D eigenvalue weighted by molar-refractivity contribution is 6.09. The van der Waals surface area contributed by atoms with Crippen LogP contribution in [0, 0.1) is 5.92 Å². The highest BCUT2D eigenvalue weighted by Crippen LogP contribution is 2.41. The lowest BCUT2D eigenvalue weighted by Crippen LogP contribution is -2.32. The van der Waals surface area contributed by atoms with E-state index in [2.05, 4.69) is 0 Å². The minimum atomic E-state index is -0.752. The monoisotopic (exact) mass is 377 g/mol. The van der Waals surface area contributed by atoms with Crippen molar-refractivity contribution in [1.29, 1.82) is 0 Å². The molecule has 1 aromatic rings. The average molecular weight is 377 g/mol.